The first-order chi connectivity index (χ1) is 9.36. The molecule has 19 heavy (non-hydrogen) atoms. The van der Waals surface area contributed by atoms with E-state index >= 15 is 0 Å². The molecule has 1 fully saturated rings. The molecule has 3 unspecified atom stereocenters. The van der Waals surface area contributed by atoms with E-state index in [-0.39, 0.29) is 0 Å². The van der Waals surface area contributed by atoms with Crippen LogP contribution in [0, 0.1) is 0 Å². The topological polar surface area (TPSA) is 12.0 Å². The van der Waals surface area contributed by atoms with Crippen LogP contribution in [0.3, 0.4) is 0 Å². The van der Waals surface area contributed by atoms with Crippen molar-refractivity contribution in [2.75, 3.05) is 18.6 Å². The highest BCUT2D eigenvalue weighted by molar-refractivity contribution is 8.07. The zero-order valence-electron chi connectivity index (χ0n) is 12.5. The van der Waals surface area contributed by atoms with Gasteiger partial charge in [-0.05, 0) is 39.2 Å². The van der Waals surface area contributed by atoms with Crippen LogP contribution < -0.4 is 5.32 Å². The summed E-state index contributed by atoms with van der Waals surface area (Å²) in [4.78, 5) is 0. The third kappa shape index (κ3) is 4.44. The number of hydrogen-bond donors (Lipinski definition) is 1. The Bertz CT molecular complexity index is 290. The van der Waals surface area contributed by atoms with Crippen molar-refractivity contribution in [2.45, 2.75) is 68.4 Å². The Kier molecular flexibility index (Phi) is 7.17. The Labute approximate surface area is 127 Å². The summed E-state index contributed by atoms with van der Waals surface area (Å²) >= 11 is 4.41. The molecule has 3 atom stereocenters. The molecule has 1 saturated heterocycles. The third-order valence-corrected chi connectivity index (χ3v) is 7.71. The maximum Gasteiger partial charge on any atom is 0.0408 e. The fraction of sp³-hybridized carbons (Fsp3) is 0.875. The molecular weight excluding hydrogens is 270 g/mol. The van der Waals surface area contributed by atoms with Gasteiger partial charge in [0.25, 0.3) is 0 Å². The van der Waals surface area contributed by atoms with Crippen LogP contribution in [0.2, 0.25) is 0 Å². The quantitative estimate of drug-likeness (QED) is 0.769. The molecule has 0 radical (unpaired) electrons. The molecule has 1 heterocycles. The lowest BCUT2D eigenvalue weighted by Crippen LogP contribution is -2.45. The summed E-state index contributed by atoms with van der Waals surface area (Å²) in [7, 11) is 2.16. The number of allylic oxidation sites excluding steroid dienone is 1. The van der Waals surface area contributed by atoms with E-state index in [4.69, 9.17) is 0 Å². The molecule has 1 aliphatic carbocycles. The van der Waals surface area contributed by atoms with Gasteiger partial charge in [0, 0.05) is 28.0 Å². The monoisotopic (exact) mass is 299 g/mol. The lowest BCUT2D eigenvalue weighted by Gasteiger charge is -2.37. The highest BCUT2D eigenvalue weighted by atomic mass is 32.2. The Morgan fingerprint density at radius 2 is 2.00 bits per heavy atom. The highest BCUT2D eigenvalue weighted by Gasteiger charge is 2.32. The molecule has 1 nitrogen and oxygen atoms in total. The van der Waals surface area contributed by atoms with E-state index in [0.717, 1.165) is 10.5 Å². The van der Waals surface area contributed by atoms with Gasteiger partial charge in [0.15, 0.2) is 0 Å². The lowest BCUT2D eigenvalue weighted by atomic mass is 9.92. The van der Waals surface area contributed by atoms with Crippen LogP contribution in [0.4, 0.5) is 0 Å². The van der Waals surface area contributed by atoms with Gasteiger partial charge in [-0.15, -0.1) is 0 Å². The minimum Gasteiger partial charge on any atom is -0.312 e. The van der Waals surface area contributed by atoms with Crippen LogP contribution in [0.1, 0.15) is 51.9 Å². The summed E-state index contributed by atoms with van der Waals surface area (Å²) < 4.78 is 0. The van der Waals surface area contributed by atoms with Crippen LogP contribution in [0.5, 0.6) is 0 Å². The SMILES string of the molecule is CCC1SCCSC1C(NC)C1=CCCCCCC1. The zero-order chi connectivity index (χ0) is 13.5. The first-order valence-electron chi connectivity index (χ1n) is 7.96. The average molecular weight is 300 g/mol. The van der Waals surface area contributed by atoms with Crippen LogP contribution in [-0.2, 0) is 0 Å². The molecule has 0 bridgehead atoms. The fourth-order valence-corrected chi connectivity index (χ4v) is 6.62. The number of likely N-dealkylation sites (N-methyl/N-ethyl adjacent to an activating group) is 1. The summed E-state index contributed by atoms with van der Waals surface area (Å²) in [6.07, 6.45) is 12.1. The summed E-state index contributed by atoms with van der Waals surface area (Å²) in [5.74, 6) is 2.67. The van der Waals surface area contributed by atoms with Crippen molar-refractivity contribution >= 4 is 23.5 Å². The molecule has 0 spiro atoms. The van der Waals surface area contributed by atoms with Gasteiger partial charge in [-0.25, -0.2) is 0 Å². The molecule has 0 aromatic heterocycles. The van der Waals surface area contributed by atoms with E-state index < -0.39 is 0 Å². The predicted octanol–water partition coefficient (Wildman–Crippen LogP) is 4.48. The molecular formula is C16H29NS2. The molecule has 1 N–H and O–H groups in total. The van der Waals surface area contributed by atoms with E-state index in [1.54, 1.807) is 5.57 Å². The van der Waals surface area contributed by atoms with Gasteiger partial charge in [0.2, 0.25) is 0 Å². The highest BCUT2D eigenvalue weighted by Crippen LogP contribution is 2.38. The van der Waals surface area contributed by atoms with Crippen molar-refractivity contribution in [3.63, 3.8) is 0 Å². The molecule has 110 valence electrons. The number of hydrogen-bond acceptors (Lipinski definition) is 3. The van der Waals surface area contributed by atoms with Crippen molar-refractivity contribution < 1.29 is 0 Å². The molecule has 0 aromatic carbocycles. The van der Waals surface area contributed by atoms with E-state index in [9.17, 15) is 0 Å². The molecule has 0 amide bonds. The first kappa shape index (κ1) is 15.8. The van der Waals surface area contributed by atoms with Crippen LogP contribution in [0.25, 0.3) is 0 Å². The molecule has 3 heteroatoms. The summed E-state index contributed by atoms with van der Waals surface area (Å²) in [6.45, 7) is 2.36. The Hall–Kier alpha value is 0.400. The van der Waals surface area contributed by atoms with E-state index in [2.05, 4.69) is 48.9 Å². The summed E-state index contributed by atoms with van der Waals surface area (Å²) in [5.41, 5.74) is 1.71. The van der Waals surface area contributed by atoms with Crippen LogP contribution in [-0.4, -0.2) is 35.1 Å². The zero-order valence-corrected chi connectivity index (χ0v) is 14.1. The Balaban J connectivity index is 2.07. The first-order valence-corrected chi connectivity index (χ1v) is 10.1. The van der Waals surface area contributed by atoms with Crippen LogP contribution in [0.15, 0.2) is 11.6 Å². The maximum atomic E-state index is 3.65. The van der Waals surface area contributed by atoms with Crippen LogP contribution >= 0.6 is 23.5 Å². The van der Waals surface area contributed by atoms with Gasteiger partial charge in [-0.1, -0.05) is 31.4 Å². The number of thioether (sulfide) groups is 2. The molecule has 0 saturated carbocycles. The standard InChI is InChI=1S/C16H29NS2/c1-3-14-16(19-12-11-18-14)15(17-2)13-9-7-5-4-6-8-10-13/h9,14-17H,3-8,10-12H2,1-2H3. The van der Waals surface area contributed by atoms with Crippen molar-refractivity contribution in [3.8, 4) is 0 Å². The molecule has 1 aliphatic heterocycles. The van der Waals surface area contributed by atoms with Crippen molar-refractivity contribution in [1.29, 1.82) is 0 Å². The second-order valence-electron chi connectivity index (χ2n) is 5.65. The van der Waals surface area contributed by atoms with Gasteiger partial charge in [0.05, 0.1) is 0 Å². The second kappa shape index (κ2) is 8.63. The number of nitrogens with one attached hydrogen (secondary N) is 1. The minimum absolute atomic E-state index is 0.612. The largest absolute Gasteiger partial charge is 0.312 e. The maximum absolute atomic E-state index is 3.65. The summed E-state index contributed by atoms with van der Waals surface area (Å²) in [6, 6.07) is 0.612. The van der Waals surface area contributed by atoms with Gasteiger partial charge >= 0.3 is 0 Å². The smallest absolute Gasteiger partial charge is 0.0408 e. The summed E-state index contributed by atoms with van der Waals surface area (Å²) in [5, 5.41) is 5.26. The van der Waals surface area contributed by atoms with E-state index in [1.807, 2.05) is 0 Å². The van der Waals surface area contributed by atoms with Crippen molar-refractivity contribution in [1.82, 2.24) is 5.32 Å². The van der Waals surface area contributed by atoms with Gasteiger partial charge in [-0.3, -0.25) is 0 Å². The molecule has 2 rings (SSSR count). The normalized spacial score (nSPS) is 31.2. The molecule has 2 aliphatic rings. The van der Waals surface area contributed by atoms with Crippen molar-refractivity contribution in [3.05, 3.63) is 11.6 Å². The van der Waals surface area contributed by atoms with E-state index in [1.165, 1.54) is 56.5 Å². The lowest BCUT2D eigenvalue weighted by molar-refractivity contribution is 0.532. The van der Waals surface area contributed by atoms with Crippen molar-refractivity contribution in [2.24, 2.45) is 0 Å². The molecule has 0 aromatic rings. The Morgan fingerprint density at radius 1 is 1.21 bits per heavy atom. The number of rotatable bonds is 4. The third-order valence-electron chi connectivity index (χ3n) is 4.36. The van der Waals surface area contributed by atoms with Gasteiger partial charge in [0.1, 0.15) is 0 Å². The second-order valence-corrected chi connectivity index (χ2v) is 8.28. The Morgan fingerprint density at radius 3 is 2.79 bits per heavy atom. The van der Waals surface area contributed by atoms with Gasteiger partial charge < -0.3 is 5.32 Å². The fourth-order valence-electron chi connectivity index (χ4n) is 3.31. The minimum atomic E-state index is 0.612. The van der Waals surface area contributed by atoms with Gasteiger partial charge in [-0.2, -0.15) is 23.5 Å². The predicted molar refractivity (Wildman–Crippen MR) is 91.4 cm³/mol. The van der Waals surface area contributed by atoms with E-state index in [0.29, 0.717) is 6.04 Å². The average Bonchev–Trinajstić information content (AvgIpc) is 2.42.